The molecule has 1 amide bonds. The number of anilines is 2. The van der Waals surface area contributed by atoms with Crippen molar-refractivity contribution in [3.05, 3.63) is 85.1 Å². The highest BCUT2D eigenvalue weighted by Gasteiger charge is 2.24. The number of carbonyl (C=O) groups excluding carboxylic acids is 1. The molecule has 9 nitrogen and oxygen atoms in total. The van der Waals surface area contributed by atoms with Crippen LogP contribution in [0.15, 0.2) is 90.0 Å². The number of ether oxygens (including phenoxy) is 1. The number of hydrogen-bond acceptors (Lipinski definition) is 7. The third-order valence-electron chi connectivity index (χ3n) is 4.94. The van der Waals surface area contributed by atoms with E-state index in [2.05, 4.69) is 25.0 Å². The summed E-state index contributed by atoms with van der Waals surface area (Å²) in [7, 11) is -3.97. The van der Waals surface area contributed by atoms with Crippen LogP contribution >= 0.6 is 0 Å². The van der Waals surface area contributed by atoms with E-state index in [0.717, 1.165) is 0 Å². The number of nitrogens with zero attached hydrogens (tertiary/aromatic N) is 3. The molecule has 2 N–H and O–H groups in total. The zero-order valence-electron chi connectivity index (χ0n) is 20.0. The van der Waals surface area contributed by atoms with Crippen molar-refractivity contribution in [2.45, 2.75) is 25.7 Å². The standard InChI is InChI=1S/C26H25N5O4S/c1-26(2,3)24(32)30-23-20(15-10-16-27-23)21-17-22(35-18-11-6-4-7-12-18)29-25(28-21)31-36(33,34)19-13-8-5-9-14-19/h4-17H,1-3H3,(H,27,30,32)(H,28,29,31). The molecule has 2 aromatic heterocycles. The first kappa shape index (κ1) is 24.8. The van der Waals surface area contributed by atoms with E-state index in [0.29, 0.717) is 17.0 Å². The number of para-hydroxylation sites is 1. The van der Waals surface area contributed by atoms with Gasteiger partial charge in [0.15, 0.2) is 0 Å². The van der Waals surface area contributed by atoms with Crippen molar-refractivity contribution in [2.24, 2.45) is 5.41 Å². The summed E-state index contributed by atoms with van der Waals surface area (Å²) in [6, 6.07) is 21.8. The lowest BCUT2D eigenvalue weighted by Gasteiger charge is -2.19. The summed E-state index contributed by atoms with van der Waals surface area (Å²) in [5, 5.41) is 2.82. The SMILES string of the molecule is CC(C)(C)C(=O)Nc1ncccc1-c1cc(Oc2ccccc2)nc(NS(=O)(=O)c2ccccc2)n1. The number of nitrogens with one attached hydrogen (secondary N) is 2. The molecule has 0 aliphatic carbocycles. The molecule has 0 atom stereocenters. The van der Waals surface area contributed by atoms with Crippen LogP contribution in [0.3, 0.4) is 0 Å². The molecule has 2 aromatic carbocycles. The van der Waals surface area contributed by atoms with Crippen molar-refractivity contribution in [1.82, 2.24) is 15.0 Å². The largest absolute Gasteiger partial charge is 0.439 e. The van der Waals surface area contributed by atoms with Crippen molar-refractivity contribution in [2.75, 3.05) is 10.0 Å². The van der Waals surface area contributed by atoms with Gasteiger partial charge >= 0.3 is 0 Å². The molecule has 4 rings (SSSR count). The second-order valence-corrected chi connectivity index (χ2v) is 10.5. The van der Waals surface area contributed by atoms with Crippen LogP contribution in [0.1, 0.15) is 20.8 Å². The van der Waals surface area contributed by atoms with Crippen molar-refractivity contribution in [1.29, 1.82) is 0 Å². The van der Waals surface area contributed by atoms with Crippen LogP contribution in [0.2, 0.25) is 0 Å². The molecular formula is C26H25N5O4S. The number of hydrogen-bond donors (Lipinski definition) is 2. The Morgan fingerprint density at radius 2 is 1.56 bits per heavy atom. The monoisotopic (exact) mass is 503 g/mol. The van der Waals surface area contributed by atoms with Crippen LogP contribution < -0.4 is 14.8 Å². The Hall–Kier alpha value is -4.31. The van der Waals surface area contributed by atoms with E-state index in [4.69, 9.17) is 4.74 Å². The number of sulfonamides is 1. The summed E-state index contributed by atoms with van der Waals surface area (Å²) in [5.74, 6) is 0.459. The van der Waals surface area contributed by atoms with Gasteiger partial charge in [-0.1, -0.05) is 57.2 Å². The van der Waals surface area contributed by atoms with Gasteiger partial charge in [-0.15, -0.1) is 0 Å². The van der Waals surface area contributed by atoms with E-state index in [1.807, 2.05) is 6.07 Å². The zero-order valence-corrected chi connectivity index (χ0v) is 20.8. The van der Waals surface area contributed by atoms with Gasteiger partial charge in [-0.3, -0.25) is 4.79 Å². The lowest BCUT2D eigenvalue weighted by Crippen LogP contribution is -2.28. The first-order valence-electron chi connectivity index (χ1n) is 11.1. The summed E-state index contributed by atoms with van der Waals surface area (Å²) in [5.41, 5.74) is 0.119. The first-order valence-corrected chi connectivity index (χ1v) is 12.6. The maximum atomic E-state index is 12.9. The lowest BCUT2D eigenvalue weighted by atomic mass is 9.95. The molecule has 184 valence electrons. The quantitative estimate of drug-likeness (QED) is 0.359. The van der Waals surface area contributed by atoms with E-state index in [1.54, 1.807) is 87.6 Å². The molecule has 36 heavy (non-hydrogen) atoms. The van der Waals surface area contributed by atoms with Gasteiger partial charge in [-0.2, -0.15) is 4.98 Å². The van der Waals surface area contributed by atoms with Gasteiger partial charge in [0, 0.05) is 23.2 Å². The molecule has 0 fully saturated rings. The molecule has 0 bridgehead atoms. The lowest BCUT2D eigenvalue weighted by molar-refractivity contribution is -0.123. The second-order valence-electron chi connectivity index (χ2n) is 8.85. The third-order valence-corrected chi connectivity index (χ3v) is 6.29. The first-order chi connectivity index (χ1) is 17.1. The van der Waals surface area contributed by atoms with Gasteiger partial charge in [-0.05, 0) is 36.4 Å². The van der Waals surface area contributed by atoms with Gasteiger partial charge in [-0.25, -0.2) is 23.1 Å². The predicted molar refractivity (Wildman–Crippen MR) is 137 cm³/mol. The number of amides is 1. The number of rotatable bonds is 7. The second kappa shape index (κ2) is 10.1. The van der Waals surface area contributed by atoms with Gasteiger partial charge in [0.1, 0.15) is 11.6 Å². The Labute approximate surface area is 209 Å². The topological polar surface area (TPSA) is 123 Å². The van der Waals surface area contributed by atoms with Gasteiger partial charge in [0.25, 0.3) is 10.0 Å². The molecule has 0 aliphatic heterocycles. The maximum absolute atomic E-state index is 12.9. The molecular weight excluding hydrogens is 478 g/mol. The molecule has 0 radical (unpaired) electrons. The summed E-state index contributed by atoms with van der Waals surface area (Å²) >= 11 is 0. The average molecular weight is 504 g/mol. The van der Waals surface area contributed by atoms with Crippen LogP contribution in [0.4, 0.5) is 11.8 Å². The van der Waals surface area contributed by atoms with Crippen LogP contribution in [-0.2, 0) is 14.8 Å². The van der Waals surface area contributed by atoms with E-state index in [1.165, 1.54) is 12.1 Å². The highest BCUT2D eigenvalue weighted by Crippen LogP contribution is 2.31. The molecule has 4 aromatic rings. The molecule has 0 spiro atoms. The van der Waals surface area contributed by atoms with Gasteiger partial charge < -0.3 is 10.1 Å². The van der Waals surface area contributed by atoms with Crippen molar-refractivity contribution >= 4 is 27.7 Å². The number of aromatic nitrogens is 3. The molecule has 10 heteroatoms. The summed E-state index contributed by atoms with van der Waals surface area (Å²) in [6.45, 7) is 5.37. The highest BCUT2D eigenvalue weighted by molar-refractivity contribution is 7.92. The van der Waals surface area contributed by atoms with E-state index in [-0.39, 0.29) is 28.4 Å². The van der Waals surface area contributed by atoms with Crippen molar-refractivity contribution in [3.63, 3.8) is 0 Å². The Morgan fingerprint density at radius 1 is 0.889 bits per heavy atom. The molecule has 0 saturated carbocycles. The fourth-order valence-electron chi connectivity index (χ4n) is 3.06. The minimum absolute atomic E-state index is 0.0593. The van der Waals surface area contributed by atoms with Gasteiger partial charge in [0.05, 0.1) is 10.6 Å². The van der Waals surface area contributed by atoms with Crippen LogP contribution in [-0.4, -0.2) is 29.3 Å². The van der Waals surface area contributed by atoms with E-state index in [9.17, 15) is 13.2 Å². The van der Waals surface area contributed by atoms with Crippen LogP contribution in [0, 0.1) is 5.41 Å². The fraction of sp³-hybridized carbons (Fsp3) is 0.154. The summed E-state index contributed by atoms with van der Waals surface area (Å²) < 4.78 is 34.2. The number of benzene rings is 2. The zero-order chi connectivity index (χ0) is 25.8. The Morgan fingerprint density at radius 3 is 2.22 bits per heavy atom. The Bertz CT molecular complexity index is 1470. The van der Waals surface area contributed by atoms with Crippen LogP contribution in [0.5, 0.6) is 11.6 Å². The van der Waals surface area contributed by atoms with Crippen molar-refractivity contribution < 1.29 is 17.9 Å². The normalized spacial score (nSPS) is 11.5. The maximum Gasteiger partial charge on any atom is 0.264 e. The highest BCUT2D eigenvalue weighted by atomic mass is 32.2. The summed E-state index contributed by atoms with van der Waals surface area (Å²) in [6.07, 6.45) is 1.55. The van der Waals surface area contributed by atoms with E-state index >= 15 is 0 Å². The summed E-state index contributed by atoms with van der Waals surface area (Å²) in [4.78, 5) is 25.7. The van der Waals surface area contributed by atoms with Crippen molar-refractivity contribution in [3.8, 4) is 22.9 Å². The molecule has 0 unspecified atom stereocenters. The number of carbonyl (C=O) groups is 1. The van der Waals surface area contributed by atoms with E-state index < -0.39 is 15.4 Å². The fourth-order valence-corrected chi connectivity index (χ4v) is 4.02. The molecule has 0 aliphatic rings. The Balaban J connectivity index is 1.78. The minimum Gasteiger partial charge on any atom is -0.439 e. The van der Waals surface area contributed by atoms with Gasteiger partial charge in [0.2, 0.25) is 17.7 Å². The minimum atomic E-state index is -3.97. The molecule has 0 saturated heterocycles. The smallest absolute Gasteiger partial charge is 0.264 e. The predicted octanol–water partition coefficient (Wildman–Crippen LogP) is 5.12. The molecule has 2 heterocycles. The average Bonchev–Trinajstić information content (AvgIpc) is 2.84. The number of pyridine rings is 1. The third kappa shape index (κ3) is 6.02. The van der Waals surface area contributed by atoms with Crippen LogP contribution in [0.25, 0.3) is 11.3 Å². The Kier molecular flexibility index (Phi) is 6.98.